The van der Waals surface area contributed by atoms with E-state index in [9.17, 15) is 9.59 Å². The molecule has 0 heterocycles. The maximum atomic E-state index is 12.2. The van der Waals surface area contributed by atoms with E-state index in [0.29, 0.717) is 0 Å². The van der Waals surface area contributed by atoms with Gasteiger partial charge < -0.3 is 4.74 Å². The van der Waals surface area contributed by atoms with Crippen molar-refractivity contribution < 1.29 is 14.3 Å². The van der Waals surface area contributed by atoms with Crippen LogP contribution in [0.15, 0.2) is 0 Å². The molecule has 0 aromatic heterocycles. The first-order valence-corrected chi connectivity index (χ1v) is 7.25. The molecule has 0 rings (SSSR count). The van der Waals surface area contributed by atoms with Gasteiger partial charge in [0.2, 0.25) is 0 Å². The summed E-state index contributed by atoms with van der Waals surface area (Å²) in [6.07, 6.45) is 7.58. The van der Waals surface area contributed by atoms with Gasteiger partial charge in [-0.3, -0.25) is 9.59 Å². The van der Waals surface area contributed by atoms with Crippen LogP contribution < -0.4 is 0 Å². The van der Waals surface area contributed by atoms with Crippen LogP contribution in [-0.2, 0) is 14.3 Å². The normalized spacial score (nSPS) is 11.3. The molecule has 0 aromatic carbocycles. The molecule has 0 spiro atoms. The second kappa shape index (κ2) is 9.12. The summed E-state index contributed by atoms with van der Waals surface area (Å²) >= 11 is 0. The number of ether oxygens (including phenoxy) is 1. The Balaban J connectivity index is 4.89. The van der Waals surface area contributed by atoms with Crippen LogP contribution in [0.3, 0.4) is 0 Å². The van der Waals surface area contributed by atoms with E-state index in [1.54, 1.807) is 0 Å². The maximum Gasteiger partial charge on any atom is 0.319 e. The molecule has 3 nitrogen and oxygen atoms in total. The summed E-state index contributed by atoms with van der Waals surface area (Å²) in [5.74, 6) is -0.799. The van der Waals surface area contributed by atoms with Crippen molar-refractivity contribution in [1.82, 2.24) is 0 Å². The Kier molecular flexibility index (Phi) is 8.69. The molecule has 0 saturated heterocycles. The predicted octanol–water partition coefficient (Wildman–Crippen LogP) is 4.24. The van der Waals surface area contributed by atoms with Gasteiger partial charge in [-0.2, -0.15) is 0 Å². The molecule has 0 bridgehead atoms. The Morgan fingerprint density at radius 1 is 0.889 bits per heavy atom. The van der Waals surface area contributed by atoms with E-state index in [-0.39, 0.29) is 5.97 Å². The molecule has 0 radical (unpaired) electrons. The summed E-state index contributed by atoms with van der Waals surface area (Å²) < 4.78 is 4.88. The van der Waals surface area contributed by atoms with Gasteiger partial charge in [-0.05, 0) is 19.3 Å². The van der Waals surface area contributed by atoms with Gasteiger partial charge in [0.15, 0.2) is 0 Å². The zero-order valence-corrected chi connectivity index (χ0v) is 12.4. The molecule has 0 aliphatic carbocycles. The number of carbonyl (C=O) groups excluding carboxylic acids is 2. The molecule has 0 aliphatic rings. The van der Waals surface area contributed by atoms with E-state index in [0.717, 1.165) is 51.4 Å². The summed E-state index contributed by atoms with van der Waals surface area (Å²) in [7, 11) is 0. The van der Waals surface area contributed by atoms with Crippen molar-refractivity contribution in [1.29, 1.82) is 0 Å². The van der Waals surface area contributed by atoms with Gasteiger partial charge in [0.05, 0.1) is 5.41 Å². The molecule has 0 amide bonds. The van der Waals surface area contributed by atoms with E-state index in [1.165, 1.54) is 6.92 Å². The summed E-state index contributed by atoms with van der Waals surface area (Å²) in [5.41, 5.74) is -0.438. The molecule has 0 saturated carbocycles. The largest absolute Gasteiger partial charge is 0.393 e. The SMILES string of the molecule is CCCCC(CCC)(CCCC)C(=O)OC(C)=O. The van der Waals surface area contributed by atoms with Crippen molar-refractivity contribution >= 4 is 11.9 Å². The third kappa shape index (κ3) is 5.65. The zero-order chi connectivity index (χ0) is 14.0. The lowest BCUT2D eigenvalue weighted by molar-refractivity contribution is -0.167. The number of carbonyl (C=O) groups is 2. The maximum absolute atomic E-state index is 12.2. The molecule has 0 aliphatic heterocycles. The third-order valence-electron chi connectivity index (χ3n) is 3.42. The lowest BCUT2D eigenvalue weighted by Crippen LogP contribution is -2.34. The first-order valence-electron chi connectivity index (χ1n) is 7.25. The summed E-state index contributed by atoms with van der Waals surface area (Å²) in [6.45, 7) is 7.61. The van der Waals surface area contributed by atoms with Gasteiger partial charge in [0, 0.05) is 6.92 Å². The Bertz CT molecular complexity index is 250. The molecule has 0 fully saturated rings. The van der Waals surface area contributed by atoms with Crippen molar-refractivity contribution in [3.05, 3.63) is 0 Å². The van der Waals surface area contributed by atoms with Crippen molar-refractivity contribution in [3.63, 3.8) is 0 Å². The van der Waals surface area contributed by atoms with Crippen LogP contribution in [0.25, 0.3) is 0 Å². The van der Waals surface area contributed by atoms with Gasteiger partial charge in [0.1, 0.15) is 0 Å². The number of unbranched alkanes of at least 4 members (excludes halogenated alkanes) is 2. The van der Waals surface area contributed by atoms with Crippen molar-refractivity contribution in [2.75, 3.05) is 0 Å². The average Bonchev–Trinajstić information content (AvgIpc) is 2.32. The molecular formula is C15H28O3. The highest BCUT2D eigenvalue weighted by molar-refractivity contribution is 5.87. The van der Waals surface area contributed by atoms with E-state index in [4.69, 9.17) is 4.74 Å². The molecular weight excluding hydrogens is 228 g/mol. The summed E-state index contributed by atoms with van der Waals surface area (Å²) in [5, 5.41) is 0. The Morgan fingerprint density at radius 3 is 1.72 bits per heavy atom. The topological polar surface area (TPSA) is 43.4 Å². The van der Waals surface area contributed by atoms with Crippen LogP contribution in [0.4, 0.5) is 0 Å². The number of hydrogen-bond acceptors (Lipinski definition) is 3. The second-order valence-electron chi connectivity index (χ2n) is 5.12. The fourth-order valence-corrected chi connectivity index (χ4v) is 2.43. The molecule has 0 N–H and O–H groups in total. The van der Waals surface area contributed by atoms with Gasteiger partial charge in [0.25, 0.3) is 0 Å². The van der Waals surface area contributed by atoms with E-state index in [2.05, 4.69) is 20.8 Å². The monoisotopic (exact) mass is 256 g/mol. The van der Waals surface area contributed by atoms with Crippen LogP contribution >= 0.6 is 0 Å². The van der Waals surface area contributed by atoms with Crippen molar-refractivity contribution in [2.45, 2.75) is 79.1 Å². The highest BCUT2D eigenvalue weighted by atomic mass is 16.6. The van der Waals surface area contributed by atoms with Crippen molar-refractivity contribution in [3.8, 4) is 0 Å². The van der Waals surface area contributed by atoms with Crippen LogP contribution in [-0.4, -0.2) is 11.9 Å². The van der Waals surface area contributed by atoms with E-state index >= 15 is 0 Å². The van der Waals surface area contributed by atoms with Gasteiger partial charge in [-0.1, -0.05) is 52.9 Å². The Labute approximate surface area is 111 Å². The Morgan fingerprint density at radius 2 is 1.39 bits per heavy atom. The van der Waals surface area contributed by atoms with Crippen LogP contribution in [0.5, 0.6) is 0 Å². The molecule has 3 heteroatoms. The van der Waals surface area contributed by atoms with Crippen LogP contribution in [0.2, 0.25) is 0 Å². The third-order valence-corrected chi connectivity index (χ3v) is 3.42. The number of rotatable bonds is 9. The van der Waals surface area contributed by atoms with Crippen molar-refractivity contribution in [2.24, 2.45) is 5.41 Å². The Hall–Kier alpha value is -0.860. The predicted molar refractivity (Wildman–Crippen MR) is 73.2 cm³/mol. The van der Waals surface area contributed by atoms with E-state index in [1.807, 2.05) is 0 Å². The first kappa shape index (κ1) is 17.1. The lowest BCUT2D eigenvalue weighted by atomic mass is 9.75. The first-order chi connectivity index (χ1) is 8.52. The quantitative estimate of drug-likeness (QED) is 0.457. The van der Waals surface area contributed by atoms with Crippen LogP contribution in [0.1, 0.15) is 79.1 Å². The smallest absolute Gasteiger partial charge is 0.319 e. The fraction of sp³-hybridized carbons (Fsp3) is 0.867. The molecule has 18 heavy (non-hydrogen) atoms. The average molecular weight is 256 g/mol. The molecule has 0 atom stereocenters. The standard InChI is InChI=1S/C15H28O3/c1-5-8-11-15(10-7-3,12-9-6-2)14(17)18-13(4)16/h5-12H2,1-4H3. The molecule has 0 unspecified atom stereocenters. The van der Waals surface area contributed by atoms with Crippen LogP contribution in [0, 0.1) is 5.41 Å². The second-order valence-corrected chi connectivity index (χ2v) is 5.12. The molecule has 106 valence electrons. The minimum atomic E-state index is -0.492. The minimum Gasteiger partial charge on any atom is -0.393 e. The minimum absolute atomic E-state index is 0.307. The zero-order valence-electron chi connectivity index (χ0n) is 12.4. The highest BCUT2D eigenvalue weighted by Crippen LogP contribution is 2.37. The van der Waals surface area contributed by atoms with Gasteiger partial charge >= 0.3 is 11.9 Å². The number of hydrogen-bond donors (Lipinski definition) is 0. The lowest BCUT2D eigenvalue weighted by Gasteiger charge is -2.30. The van der Waals surface area contributed by atoms with Gasteiger partial charge in [-0.15, -0.1) is 0 Å². The summed E-state index contributed by atoms with van der Waals surface area (Å²) in [6, 6.07) is 0. The van der Waals surface area contributed by atoms with Gasteiger partial charge in [-0.25, -0.2) is 0 Å². The molecule has 0 aromatic rings. The highest BCUT2D eigenvalue weighted by Gasteiger charge is 2.38. The summed E-state index contributed by atoms with van der Waals surface area (Å²) in [4.78, 5) is 23.2. The number of esters is 2. The van der Waals surface area contributed by atoms with E-state index < -0.39 is 11.4 Å². The fourth-order valence-electron chi connectivity index (χ4n) is 2.43.